The predicted molar refractivity (Wildman–Crippen MR) is 113 cm³/mol. The Labute approximate surface area is 171 Å². The third-order valence-electron chi connectivity index (χ3n) is 4.26. The number of hydrogen-bond donors (Lipinski definition) is 1. The zero-order valence-corrected chi connectivity index (χ0v) is 17.8. The van der Waals surface area contributed by atoms with E-state index < -0.39 is 16.1 Å². The number of benzene rings is 2. The second kappa shape index (κ2) is 9.80. The Bertz CT molecular complexity index is 901. The minimum Gasteiger partial charge on any atom is -0.497 e. The van der Waals surface area contributed by atoms with Crippen molar-refractivity contribution in [2.24, 2.45) is 0 Å². The lowest BCUT2D eigenvalue weighted by atomic mass is 10.1. The maximum atomic E-state index is 12.7. The van der Waals surface area contributed by atoms with Crippen molar-refractivity contribution in [3.05, 3.63) is 59.1 Å². The van der Waals surface area contributed by atoms with E-state index in [2.05, 4.69) is 5.32 Å². The second-order valence-electron chi connectivity index (χ2n) is 6.35. The van der Waals surface area contributed by atoms with E-state index in [-0.39, 0.29) is 5.91 Å². The van der Waals surface area contributed by atoms with Crippen LogP contribution in [0.2, 0.25) is 5.02 Å². The topological polar surface area (TPSA) is 75.7 Å². The summed E-state index contributed by atoms with van der Waals surface area (Å²) in [5.41, 5.74) is 1.41. The van der Waals surface area contributed by atoms with E-state index in [1.165, 1.54) is 6.07 Å². The van der Waals surface area contributed by atoms with Gasteiger partial charge in [-0.3, -0.25) is 9.10 Å². The van der Waals surface area contributed by atoms with E-state index in [1.807, 2.05) is 24.3 Å². The molecule has 2 rings (SSSR count). The first-order valence-corrected chi connectivity index (χ1v) is 11.1. The maximum absolute atomic E-state index is 12.7. The fraction of sp³-hybridized carbons (Fsp3) is 0.350. The molecule has 1 N–H and O–H groups in total. The second-order valence-corrected chi connectivity index (χ2v) is 8.65. The standard InChI is InChI=1S/C20H25ClN2O4S/c1-4-19(23(28(3,25)26)17-7-5-6-16(21)14-17)20(24)22-13-12-15-8-10-18(27-2)11-9-15/h5-11,14,19H,4,12-13H2,1-3H3,(H,22,24)/t19-/m1/s1. The molecular weight excluding hydrogens is 400 g/mol. The monoisotopic (exact) mass is 424 g/mol. The van der Waals surface area contributed by atoms with Crippen molar-refractivity contribution in [1.82, 2.24) is 5.32 Å². The molecule has 2 aromatic rings. The molecule has 0 aliphatic rings. The van der Waals surface area contributed by atoms with Crippen LogP contribution in [0, 0.1) is 0 Å². The molecule has 1 amide bonds. The summed E-state index contributed by atoms with van der Waals surface area (Å²) in [5, 5.41) is 3.24. The van der Waals surface area contributed by atoms with Gasteiger partial charge in [-0.15, -0.1) is 0 Å². The Morgan fingerprint density at radius 1 is 1.21 bits per heavy atom. The van der Waals surface area contributed by atoms with Gasteiger partial charge in [-0.05, 0) is 48.7 Å². The van der Waals surface area contributed by atoms with Gasteiger partial charge in [0.25, 0.3) is 0 Å². The van der Waals surface area contributed by atoms with E-state index >= 15 is 0 Å². The molecule has 0 aliphatic heterocycles. The van der Waals surface area contributed by atoms with Crippen molar-refractivity contribution >= 4 is 33.2 Å². The van der Waals surface area contributed by atoms with Crippen LogP contribution in [0.15, 0.2) is 48.5 Å². The molecule has 152 valence electrons. The van der Waals surface area contributed by atoms with Crippen LogP contribution in [0.5, 0.6) is 5.75 Å². The quantitative estimate of drug-likeness (QED) is 0.670. The van der Waals surface area contributed by atoms with Gasteiger partial charge in [0.1, 0.15) is 11.8 Å². The molecule has 0 bridgehead atoms. The molecule has 6 nitrogen and oxygen atoms in total. The summed E-state index contributed by atoms with van der Waals surface area (Å²) in [5.74, 6) is 0.422. The number of methoxy groups -OCH3 is 1. The number of carbonyl (C=O) groups excluding carboxylic acids is 1. The number of rotatable bonds is 9. The smallest absolute Gasteiger partial charge is 0.243 e. The van der Waals surface area contributed by atoms with Gasteiger partial charge >= 0.3 is 0 Å². The summed E-state index contributed by atoms with van der Waals surface area (Å²) >= 11 is 6.01. The Balaban J connectivity index is 2.10. The molecule has 0 heterocycles. The highest BCUT2D eigenvalue weighted by atomic mass is 35.5. The minimum atomic E-state index is -3.68. The van der Waals surface area contributed by atoms with Crippen LogP contribution in [0.4, 0.5) is 5.69 Å². The van der Waals surface area contributed by atoms with Gasteiger partial charge in [-0.1, -0.05) is 36.7 Å². The van der Waals surface area contributed by atoms with Gasteiger partial charge in [0, 0.05) is 11.6 Å². The largest absolute Gasteiger partial charge is 0.497 e. The number of nitrogens with zero attached hydrogens (tertiary/aromatic N) is 1. The number of sulfonamides is 1. The summed E-state index contributed by atoms with van der Waals surface area (Å²) in [6.07, 6.45) is 2.04. The molecule has 0 radical (unpaired) electrons. The van der Waals surface area contributed by atoms with Gasteiger partial charge in [0.15, 0.2) is 0 Å². The highest BCUT2D eigenvalue weighted by molar-refractivity contribution is 7.92. The number of amides is 1. The van der Waals surface area contributed by atoms with Gasteiger partial charge in [-0.2, -0.15) is 0 Å². The van der Waals surface area contributed by atoms with E-state index in [9.17, 15) is 13.2 Å². The lowest BCUT2D eigenvalue weighted by Crippen LogP contribution is -2.49. The zero-order valence-electron chi connectivity index (χ0n) is 16.2. The van der Waals surface area contributed by atoms with E-state index in [4.69, 9.17) is 16.3 Å². The summed E-state index contributed by atoms with van der Waals surface area (Å²) < 4.78 is 31.0. The lowest BCUT2D eigenvalue weighted by Gasteiger charge is -2.30. The molecule has 0 aromatic heterocycles. The number of carbonyl (C=O) groups is 1. The molecular formula is C20H25ClN2O4S. The number of ether oxygens (including phenoxy) is 1. The van der Waals surface area contributed by atoms with Crippen LogP contribution in [0.1, 0.15) is 18.9 Å². The van der Waals surface area contributed by atoms with Crippen LogP contribution < -0.4 is 14.4 Å². The molecule has 1 atom stereocenters. The average molecular weight is 425 g/mol. The number of hydrogen-bond acceptors (Lipinski definition) is 4. The molecule has 0 saturated carbocycles. The number of halogens is 1. The van der Waals surface area contributed by atoms with Crippen molar-refractivity contribution in [3.8, 4) is 5.75 Å². The first-order valence-electron chi connectivity index (χ1n) is 8.92. The van der Waals surface area contributed by atoms with Crippen molar-refractivity contribution in [2.75, 3.05) is 24.2 Å². The third kappa shape index (κ3) is 5.87. The van der Waals surface area contributed by atoms with Crippen molar-refractivity contribution in [3.63, 3.8) is 0 Å². The first-order chi connectivity index (χ1) is 13.3. The van der Waals surface area contributed by atoms with Gasteiger partial charge in [0.2, 0.25) is 15.9 Å². The summed E-state index contributed by atoms with van der Waals surface area (Å²) in [6, 6.07) is 13.2. The highest BCUT2D eigenvalue weighted by Crippen LogP contribution is 2.25. The Kier molecular flexibility index (Phi) is 7.71. The van der Waals surface area contributed by atoms with Crippen molar-refractivity contribution in [1.29, 1.82) is 0 Å². The SMILES string of the molecule is CC[C@H](C(=O)NCCc1ccc(OC)cc1)N(c1cccc(Cl)c1)S(C)(=O)=O. The Morgan fingerprint density at radius 3 is 2.43 bits per heavy atom. The van der Waals surface area contributed by atoms with Crippen molar-refractivity contribution in [2.45, 2.75) is 25.8 Å². The van der Waals surface area contributed by atoms with Crippen LogP contribution in [-0.2, 0) is 21.2 Å². The van der Waals surface area contributed by atoms with Crippen LogP contribution in [0.25, 0.3) is 0 Å². The molecule has 28 heavy (non-hydrogen) atoms. The van der Waals surface area contributed by atoms with E-state index in [1.54, 1.807) is 32.2 Å². The predicted octanol–water partition coefficient (Wildman–Crippen LogP) is 3.25. The van der Waals surface area contributed by atoms with E-state index in [0.717, 1.165) is 21.9 Å². The maximum Gasteiger partial charge on any atom is 0.243 e. The van der Waals surface area contributed by atoms with Crippen LogP contribution in [0.3, 0.4) is 0 Å². The van der Waals surface area contributed by atoms with Gasteiger partial charge in [0.05, 0.1) is 19.1 Å². The summed E-state index contributed by atoms with van der Waals surface area (Å²) in [7, 11) is -2.07. The molecule has 0 spiro atoms. The number of anilines is 1. The molecule has 2 aromatic carbocycles. The normalized spacial score (nSPS) is 12.3. The van der Waals surface area contributed by atoms with Gasteiger partial charge in [-0.25, -0.2) is 8.42 Å². The fourth-order valence-corrected chi connectivity index (χ4v) is 4.30. The van der Waals surface area contributed by atoms with Crippen LogP contribution >= 0.6 is 11.6 Å². The molecule has 8 heteroatoms. The van der Waals surface area contributed by atoms with Crippen molar-refractivity contribution < 1.29 is 17.9 Å². The van der Waals surface area contributed by atoms with E-state index in [0.29, 0.717) is 30.1 Å². The first kappa shape index (κ1) is 22.0. The molecule has 0 unspecified atom stereocenters. The lowest BCUT2D eigenvalue weighted by molar-refractivity contribution is -0.122. The molecule has 0 fully saturated rings. The highest BCUT2D eigenvalue weighted by Gasteiger charge is 2.31. The summed E-state index contributed by atoms with van der Waals surface area (Å²) in [4.78, 5) is 12.7. The fourth-order valence-electron chi connectivity index (χ4n) is 2.91. The Hall–Kier alpha value is -2.25. The third-order valence-corrected chi connectivity index (χ3v) is 5.68. The van der Waals surface area contributed by atoms with Gasteiger partial charge < -0.3 is 10.1 Å². The number of nitrogens with one attached hydrogen (secondary N) is 1. The Morgan fingerprint density at radius 2 is 1.89 bits per heavy atom. The summed E-state index contributed by atoms with van der Waals surface area (Å²) in [6.45, 7) is 2.17. The molecule has 0 aliphatic carbocycles. The minimum absolute atomic E-state index is 0.327. The average Bonchev–Trinajstić information content (AvgIpc) is 2.65. The molecule has 0 saturated heterocycles. The van der Waals surface area contributed by atoms with Crippen LogP contribution in [-0.4, -0.2) is 40.3 Å². The zero-order chi connectivity index (χ0) is 20.7.